The van der Waals surface area contributed by atoms with Crippen LogP contribution in [-0.4, -0.2) is 218 Å². The van der Waals surface area contributed by atoms with Gasteiger partial charge in [-0.1, -0.05) is 152 Å². The van der Waals surface area contributed by atoms with Crippen molar-refractivity contribution in [2.45, 2.75) is 155 Å². The van der Waals surface area contributed by atoms with Crippen LogP contribution >= 0.6 is 0 Å². The zero-order chi connectivity index (χ0) is 67.3. The molecule has 518 valence electrons. The minimum Gasteiger partial charge on any atom is -0.445 e. The van der Waals surface area contributed by atoms with Crippen LogP contribution in [0.25, 0.3) is 0 Å². The zero-order valence-corrected chi connectivity index (χ0v) is 52.0. The summed E-state index contributed by atoms with van der Waals surface area (Å²) in [7, 11) is 1.22. The number of aliphatic hydroxyl groups is 6. The Morgan fingerprint density at radius 1 is 0.510 bits per heavy atom. The van der Waals surface area contributed by atoms with E-state index in [1.54, 1.807) is 152 Å². The van der Waals surface area contributed by atoms with Gasteiger partial charge >= 0.3 is 24.4 Å². The van der Waals surface area contributed by atoms with E-state index in [0.717, 1.165) is 6.40 Å². The number of nitrogens with one attached hydrogen (secondary N) is 4. The normalized spacial score (nSPS) is 31.0. The minimum absolute atomic E-state index is 0.199. The van der Waals surface area contributed by atoms with Gasteiger partial charge in [0.15, 0.2) is 25.2 Å². The van der Waals surface area contributed by atoms with Crippen molar-refractivity contribution in [2.24, 2.45) is 4.99 Å². The smallest absolute Gasteiger partial charge is 0.407 e. The molecule has 20 atom stereocenters. The fourth-order valence-corrected chi connectivity index (χ4v) is 11.5. The topological polar surface area (TPSA) is 389 Å². The lowest BCUT2D eigenvalue weighted by molar-refractivity contribution is -0.358. The highest BCUT2D eigenvalue weighted by Gasteiger charge is 2.58. The van der Waals surface area contributed by atoms with Crippen molar-refractivity contribution >= 4 is 30.8 Å². The Kier molecular flexibility index (Phi) is 26.0. The molecule has 5 fully saturated rings. The van der Waals surface area contributed by atoms with Gasteiger partial charge in [0, 0.05) is 5.56 Å². The second-order valence-electron chi connectivity index (χ2n) is 22.9. The van der Waals surface area contributed by atoms with Gasteiger partial charge in [-0.15, -0.1) is 0 Å². The molecule has 10 rings (SSSR count). The molecule has 5 aromatic rings. The predicted octanol–water partition coefficient (Wildman–Crippen LogP) is 2.43. The van der Waals surface area contributed by atoms with E-state index < -0.39 is 160 Å². The van der Waals surface area contributed by atoms with Crippen molar-refractivity contribution in [2.75, 3.05) is 40.1 Å². The molecule has 5 aliphatic rings. The van der Waals surface area contributed by atoms with Gasteiger partial charge in [-0.25, -0.2) is 19.2 Å². The number of aliphatic hydroxyl groups excluding tert-OH is 6. The van der Waals surface area contributed by atoms with Crippen LogP contribution in [-0.2, 0) is 97.8 Å². The standard InChI is InChI=1S/C66H79N5O25/c1-82-89-37-67-30-45-51(74)52(75)48(70-65(80)87-33-40-21-11-4-12-22-40)60(90-45)95-57-46(35-83-28-27-72)92-62(54(57)77)96-58-50(73)43(68-63(78)85-31-38-17-7-2-8-18-38)29-44(69-64(79)86-32-39-19-9-3-10-20-39)55(58)93-61-49(71-66(81)88-34-41-23-13-5-14-24-41)53(76)56-47(91-61)36-84-59(94-56)42-25-15-6-16-26-42/h2-26,37,43-62,72-77H,27-36H2,1H3,(H,68,78)(H,69,79)(H,70,80)(H,71,81)/b67-37+. The number of carbonyl (C=O) groups excluding carboxylic acids is 4. The molecular formula is C66H79N5O25. The minimum atomic E-state index is -1.99. The van der Waals surface area contributed by atoms with Gasteiger partial charge in [0.25, 0.3) is 0 Å². The van der Waals surface area contributed by atoms with Crippen molar-refractivity contribution < 1.29 is 121 Å². The van der Waals surface area contributed by atoms with Gasteiger partial charge in [0.1, 0.15) is 112 Å². The number of amides is 4. The molecule has 20 unspecified atom stereocenters. The number of rotatable bonds is 27. The summed E-state index contributed by atoms with van der Waals surface area (Å²) >= 11 is 0. The Morgan fingerprint density at radius 3 is 1.51 bits per heavy atom. The first-order valence-corrected chi connectivity index (χ1v) is 31.1. The first-order valence-electron chi connectivity index (χ1n) is 31.1. The Labute approximate surface area is 551 Å². The largest absolute Gasteiger partial charge is 0.445 e. The third-order valence-corrected chi connectivity index (χ3v) is 16.3. The summed E-state index contributed by atoms with van der Waals surface area (Å²) in [4.78, 5) is 69.0. The molecular weight excluding hydrogens is 1260 g/mol. The summed E-state index contributed by atoms with van der Waals surface area (Å²) < 4.78 is 80.0. The van der Waals surface area contributed by atoms with Gasteiger partial charge < -0.3 is 118 Å². The zero-order valence-electron chi connectivity index (χ0n) is 52.0. The van der Waals surface area contributed by atoms with Crippen molar-refractivity contribution in [1.29, 1.82) is 0 Å². The quantitative estimate of drug-likeness (QED) is 0.00901. The van der Waals surface area contributed by atoms with E-state index in [4.69, 9.17) is 66.5 Å². The van der Waals surface area contributed by atoms with E-state index >= 15 is 0 Å². The Morgan fingerprint density at radius 2 is 0.979 bits per heavy atom. The number of fused-ring (bicyclic) bond motifs is 1. The first-order chi connectivity index (χ1) is 46.7. The lowest BCUT2D eigenvalue weighted by Crippen LogP contribution is -2.71. The average Bonchev–Trinajstić information content (AvgIpc) is 1.06. The molecule has 0 spiro atoms. The Balaban J connectivity index is 0.988. The number of hydrogen-bond acceptors (Lipinski definition) is 26. The number of benzene rings is 5. The predicted molar refractivity (Wildman–Crippen MR) is 329 cm³/mol. The maximum absolute atomic E-state index is 14.2. The molecule has 10 N–H and O–H groups in total. The van der Waals surface area contributed by atoms with Crippen molar-refractivity contribution in [3.05, 3.63) is 179 Å². The summed E-state index contributed by atoms with van der Waals surface area (Å²) in [5, 5.41) is 81.6. The van der Waals surface area contributed by atoms with Crippen LogP contribution in [0.1, 0.15) is 40.5 Å². The SMILES string of the molecule is COO/C=N/CC1OC(OC2C(COCCO)OC(OC3C(O)C(NC(=O)OCc4ccccc4)CC(NC(=O)OCc4ccccc4)C3OC3OC4COC(c5ccccc5)OC4C(O)C3NC(=O)OCc3ccccc3)C2O)C(NC(=O)OCc2ccccc2)C(O)C1O. The summed E-state index contributed by atoms with van der Waals surface area (Å²) in [5.41, 5.74) is 3.08. The average molecular weight is 1340 g/mol. The monoisotopic (exact) mass is 1340 g/mol. The lowest BCUT2D eigenvalue weighted by Gasteiger charge is -2.50. The van der Waals surface area contributed by atoms with Crippen LogP contribution in [0.5, 0.6) is 0 Å². The molecule has 0 bridgehead atoms. The molecule has 1 aliphatic carbocycles. The molecule has 4 saturated heterocycles. The molecule has 0 radical (unpaired) electrons. The lowest BCUT2D eigenvalue weighted by atomic mass is 9.83. The highest BCUT2D eigenvalue weighted by molar-refractivity contribution is 5.69. The first kappa shape index (κ1) is 70.8. The number of aliphatic imine (C=N–C) groups is 1. The van der Waals surface area contributed by atoms with Gasteiger partial charge in [-0.2, -0.15) is 4.89 Å². The molecule has 96 heavy (non-hydrogen) atoms. The third kappa shape index (κ3) is 19.2. The van der Waals surface area contributed by atoms with E-state index in [-0.39, 0.29) is 52.6 Å². The van der Waals surface area contributed by atoms with E-state index in [0.29, 0.717) is 27.8 Å². The second kappa shape index (κ2) is 35.3. The van der Waals surface area contributed by atoms with Gasteiger partial charge in [-0.05, 0) is 28.7 Å². The fraction of sp³-hybridized carbons (Fsp3) is 0.470. The van der Waals surface area contributed by atoms with Gasteiger partial charge in [0.2, 0.25) is 6.40 Å². The molecule has 4 amide bonds. The van der Waals surface area contributed by atoms with E-state index in [1.165, 1.54) is 7.11 Å². The maximum atomic E-state index is 14.2. The molecule has 4 aliphatic heterocycles. The molecule has 4 heterocycles. The van der Waals surface area contributed by atoms with Crippen LogP contribution in [0.15, 0.2) is 157 Å². The van der Waals surface area contributed by atoms with Crippen molar-refractivity contribution in [1.82, 2.24) is 21.3 Å². The van der Waals surface area contributed by atoms with Crippen LogP contribution < -0.4 is 21.3 Å². The van der Waals surface area contributed by atoms with Crippen molar-refractivity contribution in [3.8, 4) is 0 Å². The second-order valence-corrected chi connectivity index (χ2v) is 22.9. The third-order valence-electron chi connectivity index (χ3n) is 16.3. The molecule has 30 nitrogen and oxygen atoms in total. The number of hydrogen-bond donors (Lipinski definition) is 10. The Bertz CT molecular complexity index is 3210. The number of carbonyl (C=O) groups is 4. The molecule has 5 aromatic carbocycles. The molecule has 30 heteroatoms. The number of ether oxygens (including phenoxy) is 13. The summed E-state index contributed by atoms with van der Waals surface area (Å²) in [6.45, 7) is -2.60. The van der Waals surface area contributed by atoms with Crippen molar-refractivity contribution in [3.63, 3.8) is 0 Å². The Hall–Kier alpha value is -7.99. The highest BCUT2D eigenvalue weighted by atomic mass is 17.2. The molecule has 1 saturated carbocycles. The van der Waals surface area contributed by atoms with E-state index in [9.17, 15) is 49.8 Å². The van der Waals surface area contributed by atoms with Crippen LogP contribution in [0.4, 0.5) is 19.2 Å². The van der Waals surface area contributed by atoms with Crippen LogP contribution in [0, 0.1) is 0 Å². The summed E-state index contributed by atoms with van der Waals surface area (Å²) in [5.74, 6) is 0. The number of alkyl carbamates (subject to hydrolysis) is 4. The fourth-order valence-electron chi connectivity index (χ4n) is 11.5. The van der Waals surface area contributed by atoms with Crippen LogP contribution in [0.3, 0.4) is 0 Å². The van der Waals surface area contributed by atoms with Gasteiger partial charge in [-0.3, -0.25) is 4.99 Å². The number of nitrogens with zero attached hydrogens (tertiary/aromatic N) is 1. The molecule has 0 aromatic heterocycles. The highest BCUT2D eigenvalue weighted by Crippen LogP contribution is 2.39. The summed E-state index contributed by atoms with van der Waals surface area (Å²) in [6, 6.07) is 37.6. The van der Waals surface area contributed by atoms with E-state index in [1.807, 2.05) is 0 Å². The summed E-state index contributed by atoms with van der Waals surface area (Å²) in [6.07, 6.45) is -29.8. The maximum Gasteiger partial charge on any atom is 0.407 e. The van der Waals surface area contributed by atoms with Gasteiger partial charge in [0.05, 0.1) is 52.2 Å². The van der Waals surface area contributed by atoms with Crippen LogP contribution in [0.2, 0.25) is 0 Å². The van der Waals surface area contributed by atoms with E-state index in [2.05, 4.69) is 31.1 Å².